The minimum atomic E-state index is -0.408. The zero-order valence-electron chi connectivity index (χ0n) is 14.5. The quantitative estimate of drug-likeness (QED) is 0.582. The van der Waals surface area contributed by atoms with Crippen molar-refractivity contribution in [2.45, 2.75) is 32.7 Å². The van der Waals surface area contributed by atoms with E-state index in [1.807, 2.05) is 17.5 Å². The fourth-order valence-electron chi connectivity index (χ4n) is 3.72. The number of nitrogens with one attached hydrogen (secondary N) is 2. The summed E-state index contributed by atoms with van der Waals surface area (Å²) in [5.41, 5.74) is 2.87. The van der Waals surface area contributed by atoms with Crippen LogP contribution in [0.1, 0.15) is 37.6 Å². The number of fused-ring (bicyclic) bond motifs is 1. The number of thiophene rings is 1. The molecule has 1 aliphatic heterocycles. The van der Waals surface area contributed by atoms with Gasteiger partial charge < -0.3 is 10.6 Å². The van der Waals surface area contributed by atoms with Gasteiger partial charge in [-0.3, -0.25) is 14.9 Å². The van der Waals surface area contributed by atoms with Crippen LogP contribution in [0.25, 0.3) is 0 Å². The third-order valence-corrected chi connectivity index (χ3v) is 5.77. The molecule has 1 aliphatic carbocycles. The number of carbonyl (C=O) groups is 1. The van der Waals surface area contributed by atoms with Gasteiger partial charge in [-0.15, -0.1) is 11.3 Å². The molecule has 1 unspecified atom stereocenters. The molecule has 2 aliphatic rings. The number of nitro benzene ring substituents is 1. The number of anilines is 2. The van der Waals surface area contributed by atoms with E-state index in [0.717, 1.165) is 28.3 Å². The van der Waals surface area contributed by atoms with E-state index >= 15 is 0 Å². The van der Waals surface area contributed by atoms with E-state index in [1.54, 1.807) is 17.4 Å². The van der Waals surface area contributed by atoms with E-state index in [1.165, 1.54) is 12.1 Å². The van der Waals surface area contributed by atoms with Crippen molar-refractivity contribution in [3.05, 3.63) is 62.0 Å². The van der Waals surface area contributed by atoms with Crippen molar-refractivity contribution in [2.75, 3.05) is 10.6 Å². The van der Waals surface area contributed by atoms with Gasteiger partial charge in [0.05, 0.1) is 22.3 Å². The summed E-state index contributed by atoms with van der Waals surface area (Å²) in [5, 5.41) is 19.9. The average Bonchev–Trinajstić information content (AvgIpc) is 3.02. The molecule has 0 fully saturated rings. The van der Waals surface area contributed by atoms with Gasteiger partial charge >= 0.3 is 0 Å². The summed E-state index contributed by atoms with van der Waals surface area (Å²) in [5.74, 6) is 0.122. The molecule has 134 valence electrons. The lowest BCUT2D eigenvalue weighted by atomic mass is 9.74. The van der Waals surface area contributed by atoms with Crippen molar-refractivity contribution in [3.8, 4) is 0 Å². The lowest BCUT2D eigenvalue weighted by Gasteiger charge is -2.33. The molecule has 1 atom stereocenters. The molecule has 26 heavy (non-hydrogen) atoms. The van der Waals surface area contributed by atoms with E-state index < -0.39 is 4.92 Å². The van der Waals surface area contributed by atoms with E-state index in [0.29, 0.717) is 12.1 Å². The van der Waals surface area contributed by atoms with Crippen molar-refractivity contribution < 1.29 is 9.72 Å². The monoisotopic (exact) mass is 369 g/mol. The van der Waals surface area contributed by atoms with Crippen LogP contribution in [0.5, 0.6) is 0 Å². The second-order valence-corrected chi connectivity index (χ2v) is 8.52. The van der Waals surface area contributed by atoms with Gasteiger partial charge in [-0.2, -0.15) is 0 Å². The van der Waals surface area contributed by atoms with Gasteiger partial charge in [-0.05, 0) is 29.3 Å². The molecule has 1 aromatic heterocycles. The lowest BCUT2D eigenvalue weighted by molar-refractivity contribution is -0.384. The van der Waals surface area contributed by atoms with Crippen molar-refractivity contribution in [1.29, 1.82) is 0 Å². The van der Waals surface area contributed by atoms with Crippen molar-refractivity contribution in [3.63, 3.8) is 0 Å². The van der Waals surface area contributed by atoms with Gasteiger partial charge in [0.2, 0.25) is 0 Å². The molecule has 0 amide bonds. The van der Waals surface area contributed by atoms with Crippen LogP contribution < -0.4 is 10.6 Å². The summed E-state index contributed by atoms with van der Waals surface area (Å²) in [6, 6.07) is 8.44. The fourth-order valence-corrected chi connectivity index (χ4v) is 4.50. The third kappa shape index (κ3) is 2.88. The second-order valence-electron chi connectivity index (χ2n) is 7.54. The Kier molecular flexibility index (Phi) is 3.84. The summed E-state index contributed by atoms with van der Waals surface area (Å²) < 4.78 is 0. The smallest absolute Gasteiger partial charge is 0.271 e. The van der Waals surface area contributed by atoms with Gasteiger partial charge in [-0.25, -0.2) is 0 Å². The molecule has 2 heterocycles. The van der Waals surface area contributed by atoms with Crippen molar-refractivity contribution in [2.24, 2.45) is 5.41 Å². The summed E-state index contributed by atoms with van der Waals surface area (Å²) in [6.07, 6.45) is 1.22. The molecule has 0 bridgehead atoms. The molecule has 1 aromatic carbocycles. The molecule has 4 rings (SSSR count). The first-order valence-corrected chi connectivity index (χ1v) is 9.34. The predicted octanol–water partition coefficient (Wildman–Crippen LogP) is 4.88. The van der Waals surface area contributed by atoms with Gasteiger partial charge in [0, 0.05) is 34.7 Å². The number of Topliss-reactive ketones (excluding diaryl/α,β-unsaturated/α-hetero) is 1. The van der Waals surface area contributed by atoms with Crippen molar-refractivity contribution in [1.82, 2.24) is 0 Å². The largest absolute Gasteiger partial charge is 0.372 e. The molecular formula is C19H19N3O3S. The minimum Gasteiger partial charge on any atom is -0.372 e. The van der Waals surface area contributed by atoms with Gasteiger partial charge in [-0.1, -0.05) is 19.9 Å². The highest BCUT2D eigenvalue weighted by Crippen LogP contribution is 2.46. The van der Waals surface area contributed by atoms with E-state index in [4.69, 9.17) is 0 Å². The highest BCUT2D eigenvalue weighted by atomic mass is 32.1. The summed E-state index contributed by atoms with van der Waals surface area (Å²) in [7, 11) is 0. The second kappa shape index (κ2) is 5.95. The number of benzene rings is 1. The number of non-ortho nitro benzene ring substituents is 1. The van der Waals surface area contributed by atoms with E-state index in [2.05, 4.69) is 24.5 Å². The molecule has 6 nitrogen and oxygen atoms in total. The number of carbonyl (C=O) groups excluding carboxylic acids is 1. The Hall–Kier alpha value is -2.67. The Bertz CT molecular complexity index is 932. The van der Waals surface area contributed by atoms with Crippen LogP contribution >= 0.6 is 11.3 Å². The molecule has 0 spiro atoms. The molecule has 0 saturated carbocycles. The molecule has 7 heteroatoms. The van der Waals surface area contributed by atoms with E-state index in [9.17, 15) is 14.9 Å². The lowest BCUT2D eigenvalue weighted by Crippen LogP contribution is -2.31. The van der Waals surface area contributed by atoms with Gasteiger partial charge in [0.1, 0.15) is 0 Å². The Morgan fingerprint density at radius 2 is 2.04 bits per heavy atom. The Balaban J connectivity index is 1.88. The summed E-state index contributed by atoms with van der Waals surface area (Å²) in [4.78, 5) is 24.8. The Morgan fingerprint density at radius 1 is 1.23 bits per heavy atom. The first-order chi connectivity index (χ1) is 12.3. The third-order valence-electron chi connectivity index (χ3n) is 4.84. The SMILES string of the molecule is CC1(C)CC(=O)C2=C(C1)Nc1cc([N+](=O)[O-])ccc1NC2c1cccs1. The standard InChI is InChI=1S/C19H19N3O3S/c1-19(2)9-14-17(15(23)10-19)18(16-4-3-7-26-16)21-12-6-5-11(22(24)25)8-13(12)20-14/h3-8,18,20-21H,9-10H2,1-2H3. The zero-order valence-corrected chi connectivity index (χ0v) is 15.4. The molecule has 2 aromatic rings. The maximum absolute atomic E-state index is 13.0. The maximum atomic E-state index is 13.0. The molecule has 2 N–H and O–H groups in total. The topological polar surface area (TPSA) is 84.3 Å². The Labute approximate surface area is 155 Å². The Morgan fingerprint density at radius 3 is 2.73 bits per heavy atom. The van der Waals surface area contributed by atoms with Crippen LogP contribution in [0.2, 0.25) is 0 Å². The maximum Gasteiger partial charge on any atom is 0.271 e. The first kappa shape index (κ1) is 16.8. The van der Waals surface area contributed by atoms with E-state index in [-0.39, 0.29) is 22.9 Å². The number of hydrogen-bond donors (Lipinski definition) is 2. The van der Waals surface area contributed by atoms with Gasteiger partial charge in [0.25, 0.3) is 5.69 Å². The van der Waals surface area contributed by atoms with Crippen LogP contribution in [0.3, 0.4) is 0 Å². The number of ketones is 1. The summed E-state index contributed by atoms with van der Waals surface area (Å²) >= 11 is 1.59. The van der Waals surface area contributed by atoms with Crippen LogP contribution in [-0.4, -0.2) is 10.7 Å². The highest BCUT2D eigenvalue weighted by molar-refractivity contribution is 7.10. The number of nitrogens with zero attached hydrogens (tertiary/aromatic N) is 1. The number of hydrogen-bond acceptors (Lipinski definition) is 6. The molecule has 0 saturated heterocycles. The number of allylic oxidation sites excluding steroid dienone is 1. The molecular weight excluding hydrogens is 350 g/mol. The first-order valence-electron chi connectivity index (χ1n) is 8.46. The average molecular weight is 369 g/mol. The number of rotatable bonds is 2. The van der Waals surface area contributed by atoms with Crippen molar-refractivity contribution >= 4 is 34.2 Å². The minimum absolute atomic E-state index is 0.0242. The van der Waals surface area contributed by atoms with Gasteiger partial charge in [0.15, 0.2) is 5.78 Å². The van der Waals surface area contributed by atoms with Crippen LogP contribution in [0.15, 0.2) is 47.0 Å². The highest BCUT2D eigenvalue weighted by Gasteiger charge is 2.39. The molecule has 0 radical (unpaired) electrons. The van der Waals surface area contributed by atoms with Crippen LogP contribution in [-0.2, 0) is 4.79 Å². The van der Waals surface area contributed by atoms with Crippen LogP contribution in [0, 0.1) is 15.5 Å². The normalized spacial score (nSPS) is 21.2. The summed E-state index contributed by atoms with van der Waals surface area (Å²) in [6.45, 7) is 4.15. The fraction of sp³-hybridized carbons (Fsp3) is 0.316. The predicted molar refractivity (Wildman–Crippen MR) is 102 cm³/mol. The van der Waals surface area contributed by atoms with Crippen LogP contribution in [0.4, 0.5) is 17.1 Å². The zero-order chi connectivity index (χ0) is 18.5. The number of nitro groups is 1.